The third kappa shape index (κ3) is 7.50. The summed E-state index contributed by atoms with van der Waals surface area (Å²) in [7, 11) is -1.29. The molecule has 3 rings (SSSR count). The highest BCUT2D eigenvalue weighted by Gasteiger charge is 2.24. The zero-order valence-electron chi connectivity index (χ0n) is 20.5. The highest BCUT2D eigenvalue weighted by atomic mass is 79.9. The quantitative estimate of drug-likeness (QED) is 0.102. The maximum atomic E-state index is 15.3. The van der Waals surface area contributed by atoms with Gasteiger partial charge in [0.1, 0.15) is 18.2 Å². The van der Waals surface area contributed by atoms with Crippen molar-refractivity contribution in [1.29, 1.82) is 0 Å². The van der Waals surface area contributed by atoms with Crippen molar-refractivity contribution in [3.05, 3.63) is 78.2 Å². The molecule has 1 aromatic heterocycles. The molecule has 3 aromatic rings. The lowest BCUT2D eigenvalue weighted by Crippen LogP contribution is -2.27. The van der Waals surface area contributed by atoms with Gasteiger partial charge in [0.05, 0.1) is 26.8 Å². The molecule has 1 N–H and O–H groups in total. The SMILES string of the molecule is C[Si](C)(C)CCOCn1cnc(Cl)c1C(=O)NCc1ccc(Cl)c(Oc2cc(Br)c(F)cc2[N+](=O)[O-])c1F. The molecule has 0 aliphatic carbocycles. The lowest BCUT2D eigenvalue weighted by molar-refractivity contribution is -0.385. The Bertz CT molecular complexity index is 1370. The Hall–Kier alpha value is -2.58. The van der Waals surface area contributed by atoms with E-state index in [9.17, 15) is 19.3 Å². The number of amides is 1. The number of halogens is 5. The summed E-state index contributed by atoms with van der Waals surface area (Å²) in [6.45, 7) is 6.94. The summed E-state index contributed by atoms with van der Waals surface area (Å²) in [6, 6.07) is 5.19. The van der Waals surface area contributed by atoms with E-state index >= 15 is 4.39 Å². The van der Waals surface area contributed by atoms with E-state index in [4.69, 9.17) is 32.7 Å². The summed E-state index contributed by atoms with van der Waals surface area (Å²) in [5, 5.41) is 13.6. The van der Waals surface area contributed by atoms with Crippen LogP contribution in [-0.2, 0) is 18.0 Å². The lowest BCUT2D eigenvalue weighted by Gasteiger charge is -2.16. The van der Waals surface area contributed by atoms with Gasteiger partial charge in [0.2, 0.25) is 5.75 Å². The summed E-state index contributed by atoms with van der Waals surface area (Å²) in [5.74, 6) is -3.46. The minimum Gasteiger partial charge on any atom is -0.445 e. The first-order valence-corrected chi connectivity index (χ1v) is 16.4. The smallest absolute Gasteiger partial charge is 0.314 e. The normalized spacial score (nSPS) is 11.5. The molecular weight excluding hydrogens is 629 g/mol. The molecule has 0 bridgehead atoms. The minimum atomic E-state index is -1.29. The van der Waals surface area contributed by atoms with Crippen molar-refractivity contribution < 1.29 is 28.0 Å². The molecule has 9 nitrogen and oxygen atoms in total. The molecule has 0 unspecified atom stereocenters. The van der Waals surface area contributed by atoms with E-state index in [2.05, 4.69) is 45.9 Å². The van der Waals surface area contributed by atoms with Crippen LogP contribution in [0.5, 0.6) is 11.5 Å². The fraction of sp³-hybridized carbons (Fsp3) is 0.304. The molecule has 15 heteroatoms. The largest absolute Gasteiger partial charge is 0.445 e. The third-order valence-electron chi connectivity index (χ3n) is 5.21. The van der Waals surface area contributed by atoms with Crippen molar-refractivity contribution in [1.82, 2.24) is 14.9 Å². The van der Waals surface area contributed by atoms with Gasteiger partial charge in [0.25, 0.3) is 5.91 Å². The van der Waals surface area contributed by atoms with Gasteiger partial charge in [-0.15, -0.1) is 0 Å². The van der Waals surface area contributed by atoms with Gasteiger partial charge in [-0.3, -0.25) is 14.9 Å². The monoisotopic (exact) mass is 650 g/mol. The van der Waals surface area contributed by atoms with E-state index in [1.54, 1.807) is 0 Å². The summed E-state index contributed by atoms with van der Waals surface area (Å²) >= 11 is 15.1. The molecule has 0 spiro atoms. The Morgan fingerprint density at radius 1 is 1.26 bits per heavy atom. The molecule has 0 radical (unpaired) electrons. The van der Waals surface area contributed by atoms with E-state index in [-0.39, 0.29) is 39.2 Å². The molecule has 0 saturated carbocycles. The summed E-state index contributed by atoms with van der Waals surface area (Å²) in [5.41, 5.74) is -0.720. The predicted molar refractivity (Wildman–Crippen MR) is 145 cm³/mol. The Kier molecular flexibility index (Phi) is 9.87. The first-order chi connectivity index (χ1) is 17.8. The Balaban J connectivity index is 1.76. The summed E-state index contributed by atoms with van der Waals surface area (Å²) < 4.78 is 41.5. The number of ether oxygens (including phenoxy) is 2. The van der Waals surface area contributed by atoms with Crippen LogP contribution >= 0.6 is 39.1 Å². The second-order valence-corrected chi connectivity index (χ2v) is 16.6. The van der Waals surface area contributed by atoms with Crippen LogP contribution in [0.2, 0.25) is 35.9 Å². The van der Waals surface area contributed by atoms with E-state index in [1.807, 2.05) is 0 Å². The van der Waals surface area contributed by atoms with Gasteiger partial charge in [-0.2, -0.15) is 0 Å². The zero-order chi connectivity index (χ0) is 28.2. The van der Waals surface area contributed by atoms with Gasteiger partial charge in [-0.25, -0.2) is 13.8 Å². The minimum absolute atomic E-state index is 0.0323. The van der Waals surface area contributed by atoms with Crippen molar-refractivity contribution in [2.75, 3.05) is 6.61 Å². The van der Waals surface area contributed by atoms with Gasteiger partial charge >= 0.3 is 5.69 Å². The van der Waals surface area contributed by atoms with Crippen molar-refractivity contribution in [2.24, 2.45) is 0 Å². The van der Waals surface area contributed by atoms with Crippen LogP contribution in [0.15, 0.2) is 35.1 Å². The Morgan fingerprint density at radius 2 is 1.97 bits per heavy atom. The third-order valence-corrected chi connectivity index (χ3v) is 8.10. The lowest BCUT2D eigenvalue weighted by atomic mass is 10.2. The van der Waals surface area contributed by atoms with Gasteiger partial charge < -0.3 is 19.4 Å². The van der Waals surface area contributed by atoms with Crippen LogP contribution in [0.25, 0.3) is 0 Å². The molecule has 0 saturated heterocycles. The van der Waals surface area contributed by atoms with Crippen molar-refractivity contribution in [2.45, 2.75) is 39.0 Å². The number of hydrogen-bond acceptors (Lipinski definition) is 6. The van der Waals surface area contributed by atoms with Crippen molar-refractivity contribution >= 4 is 58.8 Å². The standard InChI is InChI=1S/C23H23BrCl2F2N4O5Si/c1-38(2,3)7-6-36-12-31-11-30-22(26)20(31)23(33)29-10-13-4-5-15(25)21(19(13)28)37-18-8-14(24)16(27)9-17(18)32(34)35/h4-5,8-9,11H,6-7,10,12H2,1-3H3,(H,29,33). The van der Waals surface area contributed by atoms with Crippen LogP contribution in [-0.4, -0.2) is 35.1 Å². The number of benzene rings is 2. The second-order valence-electron chi connectivity index (χ2n) is 9.33. The predicted octanol–water partition coefficient (Wildman–Crippen LogP) is 7.17. The molecule has 1 heterocycles. The van der Waals surface area contributed by atoms with Crippen LogP contribution in [0.3, 0.4) is 0 Å². The van der Waals surface area contributed by atoms with E-state index in [0.717, 1.165) is 12.1 Å². The number of carbonyl (C=O) groups is 1. The maximum Gasteiger partial charge on any atom is 0.314 e. The number of imidazole rings is 1. The molecule has 0 fully saturated rings. The number of rotatable bonds is 11. The highest BCUT2D eigenvalue weighted by Crippen LogP contribution is 2.40. The number of aromatic nitrogens is 2. The zero-order valence-corrected chi connectivity index (χ0v) is 24.6. The number of carbonyl (C=O) groups excluding carboxylic acids is 1. The van der Waals surface area contributed by atoms with Crippen LogP contribution in [0.1, 0.15) is 16.1 Å². The molecule has 0 atom stereocenters. The van der Waals surface area contributed by atoms with Crippen LogP contribution in [0, 0.1) is 21.7 Å². The molecule has 204 valence electrons. The van der Waals surface area contributed by atoms with E-state index in [0.29, 0.717) is 12.7 Å². The van der Waals surface area contributed by atoms with E-state index < -0.39 is 47.7 Å². The van der Waals surface area contributed by atoms with Crippen molar-refractivity contribution in [3.63, 3.8) is 0 Å². The summed E-state index contributed by atoms with van der Waals surface area (Å²) in [6.07, 6.45) is 1.37. The summed E-state index contributed by atoms with van der Waals surface area (Å²) in [4.78, 5) is 27.3. The molecule has 0 aliphatic rings. The first kappa shape index (κ1) is 30.0. The second kappa shape index (κ2) is 12.5. The Labute approximate surface area is 236 Å². The number of nitrogens with zero attached hydrogens (tertiary/aromatic N) is 3. The fourth-order valence-corrected chi connectivity index (χ4v) is 4.64. The van der Waals surface area contributed by atoms with Gasteiger partial charge in [0, 0.05) is 32.9 Å². The van der Waals surface area contributed by atoms with Crippen molar-refractivity contribution in [3.8, 4) is 11.5 Å². The topological polar surface area (TPSA) is 109 Å². The highest BCUT2D eigenvalue weighted by molar-refractivity contribution is 9.10. The first-order valence-electron chi connectivity index (χ1n) is 11.1. The number of nitrogens with one attached hydrogen (secondary N) is 1. The average Bonchev–Trinajstić information content (AvgIpc) is 3.20. The van der Waals surface area contributed by atoms with Gasteiger partial charge in [-0.1, -0.05) is 48.9 Å². The Morgan fingerprint density at radius 3 is 2.63 bits per heavy atom. The molecule has 0 aliphatic heterocycles. The average molecular weight is 652 g/mol. The van der Waals surface area contributed by atoms with Gasteiger partial charge in [0.15, 0.2) is 16.7 Å². The molecule has 38 heavy (non-hydrogen) atoms. The van der Waals surface area contributed by atoms with E-state index in [1.165, 1.54) is 23.0 Å². The molecular formula is C23H23BrCl2F2N4O5Si. The number of hydrogen-bond donors (Lipinski definition) is 1. The van der Waals surface area contributed by atoms with Gasteiger partial charge in [-0.05, 0) is 28.0 Å². The number of nitro benzene ring substituents is 1. The number of nitro groups is 1. The maximum absolute atomic E-state index is 15.3. The fourth-order valence-electron chi connectivity index (χ4n) is 3.14. The van der Waals surface area contributed by atoms with Crippen LogP contribution < -0.4 is 10.1 Å². The molecule has 1 amide bonds. The molecule has 2 aromatic carbocycles. The van der Waals surface area contributed by atoms with Crippen LogP contribution in [0.4, 0.5) is 14.5 Å².